The van der Waals surface area contributed by atoms with Crippen molar-refractivity contribution in [2.24, 2.45) is 0 Å². The van der Waals surface area contributed by atoms with Gasteiger partial charge in [0, 0.05) is 36.4 Å². The number of carbonyl (C=O) groups is 3. The zero-order valence-corrected chi connectivity index (χ0v) is 20.3. The number of fused-ring (bicyclic) bond motifs is 4. The van der Waals surface area contributed by atoms with Crippen molar-refractivity contribution in [3.8, 4) is 0 Å². The van der Waals surface area contributed by atoms with Crippen LogP contribution in [-0.2, 0) is 29.6 Å². The highest BCUT2D eigenvalue weighted by Crippen LogP contribution is 2.46. The largest absolute Gasteiger partial charge is 0.451 e. The molecule has 4 aliphatic rings. The van der Waals surface area contributed by atoms with Crippen molar-refractivity contribution < 1.29 is 28.2 Å². The molecule has 6 rings (SSSR count). The maximum absolute atomic E-state index is 14.3. The van der Waals surface area contributed by atoms with E-state index in [0.29, 0.717) is 18.9 Å². The average molecular weight is 510 g/mol. The summed E-state index contributed by atoms with van der Waals surface area (Å²) in [5.41, 5.74) is 2.76. The monoisotopic (exact) mass is 509 g/mol. The number of amides is 1. The number of morpholine rings is 1. The number of ketones is 1. The lowest BCUT2D eigenvalue weighted by atomic mass is 9.92. The Kier molecular flexibility index (Phi) is 5.82. The smallest absolute Gasteiger partial charge is 0.303 e. The molecule has 10 heteroatoms. The quantitative estimate of drug-likeness (QED) is 0.572. The van der Waals surface area contributed by atoms with Gasteiger partial charge in [0.25, 0.3) is 5.91 Å². The van der Waals surface area contributed by atoms with E-state index in [9.17, 15) is 18.8 Å². The fraction of sp³-hybridized carbons (Fsp3) is 0.346. The van der Waals surface area contributed by atoms with Crippen LogP contribution in [-0.4, -0.2) is 70.6 Å². The first-order valence-electron chi connectivity index (χ1n) is 11.8. The predicted octanol–water partition coefficient (Wildman–Crippen LogP) is 2.64. The molecule has 4 aliphatic heterocycles. The van der Waals surface area contributed by atoms with Gasteiger partial charge in [0.2, 0.25) is 5.78 Å². The van der Waals surface area contributed by atoms with Crippen LogP contribution in [0.25, 0.3) is 0 Å². The molecule has 2 aromatic rings. The predicted molar refractivity (Wildman–Crippen MR) is 128 cm³/mol. The van der Waals surface area contributed by atoms with E-state index >= 15 is 0 Å². The summed E-state index contributed by atoms with van der Waals surface area (Å²) < 4.78 is 25.5. The third-order valence-corrected chi connectivity index (χ3v) is 8.15. The minimum Gasteiger partial charge on any atom is -0.451 e. The molecule has 0 bridgehead atoms. The minimum atomic E-state index is -1.27. The van der Waals surface area contributed by atoms with Gasteiger partial charge in [-0.05, 0) is 34.9 Å². The molecule has 36 heavy (non-hydrogen) atoms. The highest BCUT2D eigenvalue weighted by molar-refractivity contribution is 7.98. The first-order chi connectivity index (χ1) is 17.4. The van der Waals surface area contributed by atoms with Crippen molar-refractivity contribution in [3.63, 3.8) is 0 Å². The maximum atomic E-state index is 14.3. The molecular weight excluding hydrogens is 485 g/mol. The summed E-state index contributed by atoms with van der Waals surface area (Å²) in [4.78, 5) is 41.2. The van der Waals surface area contributed by atoms with Crippen LogP contribution in [0, 0.1) is 5.82 Å². The zero-order chi connectivity index (χ0) is 25.0. The second-order valence-corrected chi connectivity index (χ2v) is 10.1. The molecule has 0 radical (unpaired) electrons. The van der Waals surface area contributed by atoms with Crippen LogP contribution in [0.4, 0.5) is 4.39 Å². The Balaban J connectivity index is 1.56. The summed E-state index contributed by atoms with van der Waals surface area (Å²) in [6.45, 7) is 2.19. The van der Waals surface area contributed by atoms with Crippen molar-refractivity contribution in [1.29, 1.82) is 0 Å². The van der Waals surface area contributed by atoms with Crippen LogP contribution < -0.4 is 0 Å². The molecule has 1 amide bonds. The number of halogens is 1. The standard InChI is InChI=1S/C26H24FN3O5S/c1-15(31)35-25-20(32)8-9-29-24(25)26(33)28-10-11-34-13-22(28)30(29)23-18-7-6-17(27)12-16(18)14-36-21-5-3-2-4-19(21)23/h2-9,12,22-25H,10-11,13-14H2,1H3/t22-,23+,24?,25-/m1/s1. The summed E-state index contributed by atoms with van der Waals surface area (Å²) in [6, 6.07) is 11.3. The number of nitrogens with zero attached hydrogens (tertiary/aromatic N) is 3. The second kappa shape index (κ2) is 9.02. The fourth-order valence-electron chi connectivity index (χ4n) is 5.50. The molecule has 2 fully saturated rings. The van der Waals surface area contributed by atoms with Gasteiger partial charge in [-0.3, -0.25) is 19.4 Å². The molecule has 186 valence electrons. The van der Waals surface area contributed by atoms with Gasteiger partial charge in [0.05, 0.1) is 19.3 Å². The number of esters is 1. The molecule has 0 aromatic heterocycles. The van der Waals surface area contributed by atoms with Crippen molar-refractivity contribution >= 4 is 29.4 Å². The topological polar surface area (TPSA) is 79.4 Å². The Bertz CT molecular complexity index is 1290. The van der Waals surface area contributed by atoms with E-state index in [1.54, 1.807) is 40.0 Å². The van der Waals surface area contributed by atoms with Gasteiger partial charge in [-0.15, -0.1) is 11.8 Å². The Morgan fingerprint density at radius 2 is 2.00 bits per heavy atom. The Labute approximate surface area is 211 Å². The second-order valence-electron chi connectivity index (χ2n) is 9.11. The Hall–Kier alpha value is -3.21. The first kappa shape index (κ1) is 23.2. The molecule has 2 saturated heterocycles. The highest BCUT2D eigenvalue weighted by Gasteiger charge is 2.55. The summed E-state index contributed by atoms with van der Waals surface area (Å²) in [6.07, 6.45) is 1.18. The molecule has 8 nitrogen and oxygen atoms in total. The number of hydrogen-bond acceptors (Lipinski definition) is 8. The van der Waals surface area contributed by atoms with Crippen molar-refractivity contribution in [1.82, 2.24) is 14.9 Å². The van der Waals surface area contributed by atoms with Gasteiger partial charge >= 0.3 is 5.97 Å². The van der Waals surface area contributed by atoms with E-state index in [4.69, 9.17) is 9.47 Å². The first-order valence-corrected chi connectivity index (χ1v) is 12.8. The van der Waals surface area contributed by atoms with Gasteiger partial charge in [-0.1, -0.05) is 24.3 Å². The van der Waals surface area contributed by atoms with Crippen LogP contribution in [0.1, 0.15) is 29.7 Å². The van der Waals surface area contributed by atoms with Crippen LogP contribution in [0.15, 0.2) is 59.6 Å². The number of carbonyl (C=O) groups excluding carboxylic acids is 3. The lowest BCUT2D eigenvalue weighted by Gasteiger charge is -2.57. The summed E-state index contributed by atoms with van der Waals surface area (Å²) >= 11 is 1.63. The molecule has 1 unspecified atom stereocenters. The summed E-state index contributed by atoms with van der Waals surface area (Å²) in [5, 5.41) is 3.75. The van der Waals surface area contributed by atoms with E-state index in [-0.39, 0.29) is 18.3 Å². The van der Waals surface area contributed by atoms with Crippen LogP contribution >= 0.6 is 11.8 Å². The third kappa shape index (κ3) is 3.71. The third-order valence-electron chi connectivity index (χ3n) is 7.01. The molecule has 4 heterocycles. The molecule has 0 N–H and O–H groups in total. The van der Waals surface area contributed by atoms with Gasteiger partial charge in [0.1, 0.15) is 12.0 Å². The van der Waals surface area contributed by atoms with E-state index in [1.807, 2.05) is 29.3 Å². The number of thioether (sulfide) groups is 1. The van der Waals surface area contributed by atoms with E-state index < -0.39 is 36.1 Å². The molecule has 0 saturated carbocycles. The van der Waals surface area contributed by atoms with Crippen LogP contribution in [0.3, 0.4) is 0 Å². The van der Waals surface area contributed by atoms with Crippen LogP contribution in [0.2, 0.25) is 0 Å². The minimum absolute atomic E-state index is 0.261. The van der Waals surface area contributed by atoms with Crippen LogP contribution in [0.5, 0.6) is 0 Å². The SMILES string of the molecule is CC(=O)O[C@@H]1C(=O)C=CN2C1C(=O)N1CCOC[C@H]1N2[C@H]1c2ccc(F)cc2CSc2ccccc21. The lowest BCUT2D eigenvalue weighted by molar-refractivity contribution is -0.227. The molecular formula is C26H24FN3O5S. The Morgan fingerprint density at radius 3 is 2.83 bits per heavy atom. The number of ether oxygens (including phenoxy) is 2. The van der Waals surface area contributed by atoms with Crippen molar-refractivity contribution in [2.45, 2.75) is 41.9 Å². The zero-order valence-electron chi connectivity index (χ0n) is 19.5. The van der Waals surface area contributed by atoms with Crippen molar-refractivity contribution in [3.05, 3.63) is 77.2 Å². The van der Waals surface area contributed by atoms with Gasteiger partial charge in [-0.2, -0.15) is 5.01 Å². The van der Waals surface area contributed by atoms with E-state index in [1.165, 1.54) is 19.1 Å². The van der Waals surface area contributed by atoms with Gasteiger partial charge in [-0.25, -0.2) is 4.39 Å². The highest BCUT2D eigenvalue weighted by atomic mass is 32.2. The lowest BCUT2D eigenvalue weighted by Crippen LogP contribution is -2.75. The van der Waals surface area contributed by atoms with Gasteiger partial charge in [0.15, 0.2) is 12.1 Å². The van der Waals surface area contributed by atoms with Crippen molar-refractivity contribution in [2.75, 3.05) is 19.8 Å². The fourth-order valence-corrected chi connectivity index (χ4v) is 6.59. The average Bonchev–Trinajstić information content (AvgIpc) is 3.02. The van der Waals surface area contributed by atoms with Gasteiger partial charge < -0.3 is 14.4 Å². The number of benzene rings is 2. The molecule has 0 spiro atoms. The maximum Gasteiger partial charge on any atom is 0.303 e. The van der Waals surface area contributed by atoms with E-state index in [0.717, 1.165) is 21.6 Å². The molecule has 0 aliphatic carbocycles. The number of hydrazine groups is 1. The Morgan fingerprint density at radius 1 is 1.17 bits per heavy atom. The summed E-state index contributed by atoms with van der Waals surface area (Å²) in [5.74, 6) is -1.09. The number of hydrogen-bond donors (Lipinski definition) is 0. The molecule has 2 aromatic carbocycles. The number of rotatable bonds is 2. The summed E-state index contributed by atoms with van der Waals surface area (Å²) in [7, 11) is 0. The van der Waals surface area contributed by atoms with E-state index in [2.05, 4.69) is 0 Å². The normalized spacial score (nSPS) is 27.5. The molecule has 4 atom stereocenters.